The van der Waals surface area contributed by atoms with Crippen LogP contribution in [0.2, 0.25) is 0 Å². The van der Waals surface area contributed by atoms with Gasteiger partial charge in [0.1, 0.15) is 29.3 Å². The van der Waals surface area contributed by atoms with Gasteiger partial charge in [0, 0.05) is 38.6 Å². The second-order valence-electron chi connectivity index (χ2n) is 8.50. The molecule has 3 aliphatic rings. The number of fused-ring (bicyclic) bond motifs is 2. The van der Waals surface area contributed by atoms with Crippen LogP contribution in [0.4, 0.5) is 8.78 Å². The molecule has 5 rings (SSSR count). The predicted octanol–water partition coefficient (Wildman–Crippen LogP) is 3.69. The van der Waals surface area contributed by atoms with E-state index in [0.29, 0.717) is 35.9 Å². The minimum atomic E-state index is -1.06. The fourth-order valence-corrected chi connectivity index (χ4v) is 4.83. The number of guanidine groups is 1. The number of benzene rings is 2. The van der Waals surface area contributed by atoms with Gasteiger partial charge < -0.3 is 14.8 Å². The lowest BCUT2D eigenvalue weighted by atomic mass is 9.84. The quantitative estimate of drug-likeness (QED) is 0.746. The lowest BCUT2D eigenvalue weighted by molar-refractivity contribution is -0.197. The van der Waals surface area contributed by atoms with Crippen LogP contribution in [0.25, 0.3) is 11.1 Å². The molecule has 1 spiro atoms. The van der Waals surface area contributed by atoms with Gasteiger partial charge in [0.05, 0.1) is 12.2 Å². The van der Waals surface area contributed by atoms with Crippen molar-refractivity contribution >= 4 is 5.96 Å². The van der Waals surface area contributed by atoms with Crippen molar-refractivity contribution < 1.29 is 23.1 Å². The Hall–Kier alpha value is -3.22. The van der Waals surface area contributed by atoms with Gasteiger partial charge in [-0.25, -0.2) is 23.7 Å². The molecule has 0 amide bonds. The van der Waals surface area contributed by atoms with Crippen molar-refractivity contribution in [1.82, 2.24) is 10.4 Å². The molecule has 7 nitrogen and oxygen atoms in total. The summed E-state index contributed by atoms with van der Waals surface area (Å²) in [5, 5.41) is 13.8. The van der Waals surface area contributed by atoms with Crippen LogP contribution in [0.1, 0.15) is 30.4 Å². The first-order valence-electron chi connectivity index (χ1n) is 10.9. The maximum Gasteiger partial charge on any atom is 0.221 e. The number of hydrogen-bond acceptors (Lipinski definition) is 7. The Kier molecular flexibility index (Phi) is 5.43. The minimum absolute atomic E-state index is 0.123. The summed E-state index contributed by atoms with van der Waals surface area (Å²) in [6, 6.07) is 9.23. The molecule has 3 unspecified atom stereocenters. The highest BCUT2D eigenvalue weighted by molar-refractivity contribution is 5.80. The Bertz CT molecular complexity index is 1160. The molecular weight excluding hydrogens is 430 g/mol. The third kappa shape index (κ3) is 3.59. The summed E-state index contributed by atoms with van der Waals surface area (Å²) >= 11 is 0. The molecule has 3 aliphatic heterocycles. The number of nitriles is 1. The summed E-state index contributed by atoms with van der Waals surface area (Å²) in [5.41, 5.74) is -0.427. The number of nitrogens with zero attached hydrogens (tertiary/aromatic N) is 3. The topological polar surface area (TPSA) is 79.1 Å². The highest BCUT2D eigenvalue weighted by Crippen LogP contribution is 2.49. The zero-order valence-electron chi connectivity index (χ0n) is 18.4. The largest absolute Gasteiger partial charge is 0.489 e. The minimum Gasteiger partial charge on any atom is -0.489 e. The molecule has 3 heterocycles. The molecule has 3 atom stereocenters. The number of halogens is 2. The van der Waals surface area contributed by atoms with Crippen LogP contribution in [0.15, 0.2) is 35.3 Å². The van der Waals surface area contributed by atoms with Crippen molar-refractivity contribution in [2.45, 2.75) is 31.1 Å². The average molecular weight is 454 g/mol. The number of hydrogen-bond donors (Lipinski definition) is 1. The molecule has 9 heteroatoms. The van der Waals surface area contributed by atoms with Gasteiger partial charge in [-0.05, 0) is 42.7 Å². The van der Waals surface area contributed by atoms with Crippen LogP contribution in [0.3, 0.4) is 0 Å². The molecule has 2 aromatic rings. The second kappa shape index (κ2) is 8.28. The molecule has 1 fully saturated rings. The van der Waals surface area contributed by atoms with Gasteiger partial charge >= 0.3 is 0 Å². The molecule has 0 radical (unpaired) electrons. The van der Waals surface area contributed by atoms with E-state index in [1.165, 1.54) is 6.07 Å². The molecule has 0 bridgehead atoms. The van der Waals surface area contributed by atoms with E-state index in [2.05, 4.69) is 5.32 Å². The Balaban J connectivity index is 1.61. The normalized spacial score (nSPS) is 26.4. The molecule has 172 valence electrons. The smallest absolute Gasteiger partial charge is 0.221 e. The molecule has 1 saturated heterocycles. The van der Waals surface area contributed by atoms with Gasteiger partial charge in [-0.1, -0.05) is 6.07 Å². The highest BCUT2D eigenvalue weighted by atomic mass is 19.1. The number of ether oxygens (including phenoxy) is 2. The molecule has 0 aromatic heterocycles. The molecule has 33 heavy (non-hydrogen) atoms. The number of hydroxylamine groups is 2. The van der Waals surface area contributed by atoms with E-state index in [1.54, 1.807) is 43.4 Å². The maximum atomic E-state index is 14.9. The van der Waals surface area contributed by atoms with E-state index in [-0.39, 0.29) is 17.6 Å². The van der Waals surface area contributed by atoms with Gasteiger partial charge in [-0.15, -0.1) is 0 Å². The Morgan fingerprint density at radius 2 is 2.12 bits per heavy atom. The highest BCUT2D eigenvalue weighted by Gasteiger charge is 2.50. The zero-order chi connectivity index (χ0) is 23.2. The van der Waals surface area contributed by atoms with Crippen molar-refractivity contribution in [3.63, 3.8) is 0 Å². The van der Waals surface area contributed by atoms with E-state index in [1.807, 2.05) is 0 Å². The SMILES string of the molecule is CNC1=NC2(CC(C3CCCOC3)Oc3ccc(-c4ccc(F)c(C#N)c4F)cc32)ON1C. The standard InChI is InChI=1S/C24H24F2N4O3/c1-28-23-29-24(33-30(23)2)11-21(15-4-3-9-31-13-15)32-20-8-5-14(10-18(20)24)16-6-7-19(25)17(12-27)22(16)26/h5-8,10,15,21H,3-4,9,11,13H2,1-2H3,(H,28,29). The van der Waals surface area contributed by atoms with Crippen LogP contribution in [0.5, 0.6) is 5.75 Å². The third-order valence-electron chi connectivity index (χ3n) is 6.49. The first-order chi connectivity index (χ1) is 16.0. The average Bonchev–Trinajstić information content (AvgIpc) is 3.15. The fourth-order valence-electron chi connectivity index (χ4n) is 4.83. The van der Waals surface area contributed by atoms with Gasteiger partial charge in [0.2, 0.25) is 11.7 Å². The Morgan fingerprint density at radius 1 is 1.27 bits per heavy atom. The molecule has 0 saturated carbocycles. The van der Waals surface area contributed by atoms with Crippen LogP contribution in [-0.2, 0) is 15.3 Å². The summed E-state index contributed by atoms with van der Waals surface area (Å²) in [7, 11) is 3.53. The van der Waals surface area contributed by atoms with Crippen molar-refractivity contribution in [3.8, 4) is 22.9 Å². The summed E-state index contributed by atoms with van der Waals surface area (Å²) in [6.45, 7) is 1.37. The van der Waals surface area contributed by atoms with E-state index < -0.39 is 22.9 Å². The van der Waals surface area contributed by atoms with Crippen LogP contribution in [0, 0.1) is 28.9 Å². The Labute approximate surface area is 190 Å². The lowest BCUT2D eigenvalue weighted by Gasteiger charge is -2.41. The van der Waals surface area contributed by atoms with E-state index in [4.69, 9.17) is 24.6 Å². The van der Waals surface area contributed by atoms with E-state index in [0.717, 1.165) is 25.5 Å². The van der Waals surface area contributed by atoms with Crippen molar-refractivity contribution in [2.24, 2.45) is 10.9 Å². The summed E-state index contributed by atoms with van der Waals surface area (Å²) in [4.78, 5) is 11.1. The first kappa shape index (κ1) is 21.6. The monoisotopic (exact) mass is 454 g/mol. The van der Waals surface area contributed by atoms with Crippen molar-refractivity contribution in [2.75, 3.05) is 27.3 Å². The van der Waals surface area contributed by atoms with Gasteiger partial charge in [0.25, 0.3) is 0 Å². The van der Waals surface area contributed by atoms with Crippen LogP contribution in [-0.4, -0.2) is 44.4 Å². The third-order valence-corrected chi connectivity index (χ3v) is 6.49. The molecule has 2 aromatic carbocycles. The Morgan fingerprint density at radius 3 is 2.82 bits per heavy atom. The van der Waals surface area contributed by atoms with Crippen LogP contribution >= 0.6 is 0 Å². The lowest BCUT2D eigenvalue weighted by Crippen LogP contribution is -2.44. The number of nitrogens with one attached hydrogen (secondary N) is 1. The van der Waals surface area contributed by atoms with Crippen molar-refractivity contribution in [1.29, 1.82) is 5.26 Å². The van der Waals surface area contributed by atoms with Crippen LogP contribution < -0.4 is 10.1 Å². The molecule has 1 N–H and O–H groups in total. The summed E-state index contributed by atoms with van der Waals surface area (Å²) in [5.74, 6) is -0.425. The molecular formula is C24H24F2N4O3. The van der Waals surface area contributed by atoms with Gasteiger partial charge in [0.15, 0.2) is 5.82 Å². The fraction of sp³-hybridized carbons (Fsp3) is 0.417. The summed E-state index contributed by atoms with van der Waals surface area (Å²) < 4.78 is 40.8. The zero-order valence-corrected chi connectivity index (χ0v) is 18.4. The number of rotatable bonds is 2. The second-order valence-corrected chi connectivity index (χ2v) is 8.50. The molecule has 0 aliphatic carbocycles. The maximum absolute atomic E-state index is 14.9. The van der Waals surface area contributed by atoms with E-state index >= 15 is 0 Å². The predicted molar refractivity (Wildman–Crippen MR) is 116 cm³/mol. The van der Waals surface area contributed by atoms with Gasteiger partial charge in [-0.3, -0.25) is 0 Å². The van der Waals surface area contributed by atoms with Crippen molar-refractivity contribution in [3.05, 3.63) is 53.1 Å². The van der Waals surface area contributed by atoms with E-state index in [9.17, 15) is 8.78 Å². The number of aliphatic imine (C=N–C) groups is 1. The first-order valence-corrected chi connectivity index (χ1v) is 10.9. The van der Waals surface area contributed by atoms with Gasteiger partial charge in [-0.2, -0.15) is 5.26 Å². The summed E-state index contributed by atoms with van der Waals surface area (Å²) in [6.07, 6.45) is 2.26.